The van der Waals surface area contributed by atoms with E-state index >= 15 is 0 Å². The molecule has 2 N–H and O–H groups in total. The van der Waals surface area contributed by atoms with Gasteiger partial charge in [-0.05, 0) is 23.8 Å². The summed E-state index contributed by atoms with van der Waals surface area (Å²) in [6, 6.07) is 5.51. The summed E-state index contributed by atoms with van der Waals surface area (Å²) in [5, 5.41) is 17.4. The smallest absolute Gasteiger partial charge is 0.370 e. The Kier molecular flexibility index (Phi) is 3.34. The molecule has 0 fully saturated rings. The highest BCUT2D eigenvalue weighted by atomic mass is 32.2. The first kappa shape index (κ1) is 12.3. The lowest BCUT2D eigenvalue weighted by Gasteiger charge is -1.99. The van der Waals surface area contributed by atoms with Crippen LogP contribution in [-0.2, 0) is 14.6 Å². The van der Waals surface area contributed by atoms with Crippen molar-refractivity contribution in [2.75, 3.05) is 6.26 Å². The van der Waals surface area contributed by atoms with E-state index in [1.165, 1.54) is 24.3 Å². The van der Waals surface area contributed by atoms with E-state index in [-0.39, 0.29) is 4.90 Å². The van der Waals surface area contributed by atoms with Crippen molar-refractivity contribution in [1.82, 2.24) is 0 Å². The van der Waals surface area contributed by atoms with Crippen LogP contribution in [0, 0.1) is 0 Å². The average molecular weight is 242 g/mol. The molecular formula is C10H10O5S. The van der Waals surface area contributed by atoms with E-state index in [4.69, 9.17) is 10.2 Å². The average Bonchev–Trinajstić information content (AvgIpc) is 2.17. The van der Waals surface area contributed by atoms with Crippen molar-refractivity contribution in [3.05, 3.63) is 35.6 Å². The van der Waals surface area contributed by atoms with Gasteiger partial charge in [0.15, 0.2) is 9.84 Å². The molecule has 0 atom stereocenters. The monoisotopic (exact) mass is 242 g/mol. The normalized spacial score (nSPS) is 12.4. The second kappa shape index (κ2) is 4.36. The van der Waals surface area contributed by atoms with Crippen LogP contribution in [0.15, 0.2) is 34.9 Å². The third-order valence-electron chi connectivity index (χ3n) is 1.83. The Morgan fingerprint density at radius 3 is 2.06 bits per heavy atom. The Bertz CT molecular complexity index is 525. The number of aliphatic hydroxyl groups excluding tert-OH is 1. The number of hydrogen-bond donors (Lipinski definition) is 2. The molecule has 0 aliphatic rings. The van der Waals surface area contributed by atoms with Crippen LogP contribution in [0.5, 0.6) is 0 Å². The fraction of sp³-hybridized carbons (Fsp3) is 0.100. The number of benzene rings is 1. The molecule has 0 amide bonds. The number of carboxylic acids is 1. The second-order valence-corrected chi connectivity index (χ2v) is 5.19. The minimum absolute atomic E-state index is 0.138. The molecule has 0 aliphatic heterocycles. The molecule has 0 saturated carbocycles. The molecule has 1 aromatic rings. The molecule has 86 valence electrons. The summed E-state index contributed by atoms with van der Waals surface area (Å²) in [6.45, 7) is 0. The van der Waals surface area contributed by atoms with Gasteiger partial charge < -0.3 is 10.2 Å². The third kappa shape index (κ3) is 3.09. The number of rotatable bonds is 3. The van der Waals surface area contributed by atoms with Gasteiger partial charge in [0.05, 0.1) is 4.90 Å². The van der Waals surface area contributed by atoms with E-state index in [1.807, 2.05) is 0 Å². The Morgan fingerprint density at radius 1 is 1.19 bits per heavy atom. The Balaban J connectivity index is 3.06. The SMILES string of the molecule is CS(=O)(=O)c1ccc(/C=C(\O)C(=O)O)cc1. The number of aliphatic carboxylic acids is 1. The van der Waals surface area contributed by atoms with Crippen molar-refractivity contribution in [1.29, 1.82) is 0 Å². The lowest BCUT2D eigenvalue weighted by Crippen LogP contribution is -1.99. The largest absolute Gasteiger partial charge is 0.502 e. The van der Waals surface area contributed by atoms with Gasteiger partial charge in [-0.2, -0.15) is 0 Å². The first-order chi connectivity index (χ1) is 7.30. The molecule has 16 heavy (non-hydrogen) atoms. The summed E-state index contributed by atoms with van der Waals surface area (Å²) < 4.78 is 22.2. The minimum Gasteiger partial charge on any atom is -0.502 e. The van der Waals surface area contributed by atoms with Crippen LogP contribution in [0.25, 0.3) is 6.08 Å². The standard InChI is InChI=1S/C10H10O5S/c1-16(14,15)8-4-2-7(3-5-8)6-9(11)10(12)13/h2-6,11H,1H3,(H,12,13)/b9-6-. The first-order valence-electron chi connectivity index (χ1n) is 4.25. The highest BCUT2D eigenvalue weighted by molar-refractivity contribution is 7.90. The van der Waals surface area contributed by atoms with E-state index < -0.39 is 21.6 Å². The van der Waals surface area contributed by atoms with Crippen molar-refractivity contribution >= 4 is 21.9 Å². The van der Waals surface area contributed by atoms with E-state index in [9.17, 15) is 13.2 Å². The summed E-state index contributed by atoms with van der Waals surface area (Å²) in [5.74, 6) is -2.24. The van der Waals surface area contributed by atoms with Gasteiger partial charge in [-0.3, -0.25) is 0 Å². The number of carbonyl (C=O) groups is 1. The van der Waals surface area contributed by atoms with Crippen molar-refractivity contribution in [2.45, 2.75) is 4.90 Å². The van der Waals surface area contributed by atoms with E-state index in [0.717, 1.165) is 12.3 Å². The van der Waals surface area contributed by atoms with Crippen LogP contribution in [-0.4, -0.2) is 30.9 Å². The number of sulfone groups is 1. The second-order valence-electron chi connectivity index (χ2n) is 3.18. The molecule has 5 nitrogen and oxygen atoms in total. The van der Waals surface area contributed by atoms with Crippen molar-refractivity contribution in [3.63, 3.8) is 0 Å². The highest BCUT2D eigenvalue weighted by Crippen LogP contribution is 2.12. The molecule has 0 radical (unpaired) electrons. The van der Waals surface area contributed by atoms with Gasteiger partial charge in [-0.15, -0.1) is 0 Å². The lowest BCUT2D eigenvalue weighted by atomic mass is 10.2. The van der Waals surface area contributed by atoms with Crippen LogP contribution >= 0.6 is 0 Å². The summed E-state index contributed by atoms with van der Waals surface area (Å²) in [5.41, 5.74) is 0.410. The van der Waals surface area contributed by atoms with Crippen molar-refractivity contribution in [2.24, 2.45) is 0 Å². The summed E-state index contributed by atoms with van der Waals surface area (Å²) >= 11 is 0. The number of hydrogen-bond acceptors (Lipinski definition) is 4. The zero-order valence-electron chi connectivity index (χ0n) is 8.41. The fourth-order valence-corrected chi connectivity index (χ4v) is 1.66. The molecular weight excluding hydrogens is 232 g/mol. The van der Waals surface area contributed by atoms with Crippen LogP contribution in [0.2, 0.25) is 0 Å². The van der Waals surface area contributed by atoms with Crippen LogP contribution in [0.4, 0.5) is 0 Å². The maximum atomic E-state index is 11.1. The van der Waals surface area contributed by atoms with Crippen molar-refractivity contribution < 1.29 is 23.4 Å². The molecule has 1 rings (SSSR count). The molecule has 0 saturated heterocycles. The van der Waals surface area contributed by atoms with Crippen LogP contribution in [0.1, 0.15) is 5.56 Å². The lowest BCUT2D eigenvalue weighted by molar-refractivity contribution is -0.135. The Hall–Kier alpha value is -1.82. The third-order valence-corrected chi connectivity index (χ3v) is 2.96. The molecule has 6 heteroatoms. The molecule has 0 bridgehead atoms. The predicted molar refractivity (Wildman–Crippen MR) is 57.8 cm³/mol. The van der Waals surface area contributed by atoms with Gasteiger partial charge in [0.1, 0.15) is 0 Å². The molecule has 0 spiro atoms. The molecule has 1 aromatic carbocycles. The van der Waals surface area contributed by atoms with Crippen LogP contribution in [0.3, 0.4) is 0 Å². The summed E-state index contributed by atoms with van der Waals surface area (Å²) in [6.07, 6.45) is 2.11. The van der Waals surface area contributed by atoms with Crippen molar-refractivity contribution in [3.8, 4) is 0 Å². The Morgan fingerprint density at radius 2 is 1.69 bits per heavy atom. The minimum atomic E-state index is -3.26. The van der Waals surface area contributed by atoms with Crippen LogP contribution < -0.4 is 0 Å². The predicted octanol–water partition coefficient (Wildman–Crippen LogP) is 1.07. The van der Waals surface area contributed by atoms with Gasteiger partial charge in [0, 0.05) is 6.26 Å². The molecule has 0 unspecified atom stereocenters. The van der Waals surface area contributed by atoms with Gasteiger partial charge in [-0.1, -0.05) is 12.1 Å². The van der Waals surface area contributed by atoms with Gasteiger partial charge in [-0.25, -0.2) is 13.2 Å². The Labute approximate surface area is 92.6 Å². The maximum absolute atomic E-state index is 11.1. The highest BCUT2D eigenvalue weighted by Gasteiger charge is 2.07. The van der Waals surface area contributed by atoms with E-state index in [0.29, 0.717) is 5.56 Å². The zero-order valence-corrected chi connectivity index (χ0v) is 9.23. The zero-order chi connectivity index (χ0) is 12.3. The number of aliphatic hydroxyl groups is 1. The molecule has 0 aromatic heterocycles. The molecule has 0 heterocycles. The summed E-state index contributed by atoms with van der Waals surface area (Å²) in [7, 11) is -3.26. The van der Waals surface area contributed by atoms with Gasteiger partial charge in [0.2, 0.25) is 5.76 Å². The summed E-state index contributed by atoms with van der Waals surface area (Å²) in [4.78, 5) is 10.5. The van der Waals surface area contributed by atoms with Gasteiger partial charge in [0.25, 0.3) is 0 Å². The topological polar surface area (TPSA) is 91.7 Å². The molecule has 0 aliphatic carbocycles. The number of carboxylic acid groups (broad SMARTS) is 1. The first-order valence-corrected chi connectivity index (χ1v) is 6.14. The van der Waals surface area contributed by atoms with E-state index in [2.05, 4.69) is 0 Å². The van der Waals surface area contributed by atoms with Gasteiger partial charge >= 0.3 is 5.97 Å². The quantitative estimate of drug-likeness (QED) is 0.611. The fourth-order valence-electron chi connectivity index (χ4n) is 1.03. The maximum Gasteiger partial charge on any atom is 0.370 e. The van der Waals surface area contributed by atoms with E-state index in [1.54, 1.807) is 0 Å².